The van der Waals surface area contributed by atoms with Gasteiger partial charge in [-0.1, -0.05) is 45.4 Å². The fraction of sp³-hybridized carbons (Fsp3) is 0.625. The molecule has 1 aromatic rings. The van der Waals surface area contributed by atoms with E-state index in [9.17, 15) is 35.1 Å². The first-order valence-corrected chi connectivity index (χ1v) is 7.98. The molecule has 1 nitrogen and oxygen atoms in total. The van der Waals surface area contributed by atoms with Crippen molar-refractivity contribution in [3.8, 4) is 0 Å². The Hall–Kier alpha value is -1.54. The van der Waals surface area contributed by atoms with Crippen LogP contribution in [0, 0.1) is 29.1 Å². The van der Waals surface area contributed by atoms with E-state index in [0.29, 0.717) is 12.8 Å². The highest BCUT2D eigenvalue weighted by molar-refractivity contribution is 5.51. The summed E-state index contributed by atoms with van der Waals surface area (Å²) in [6, 6.07) is 0. The maximum atomic E-state index is 13.6. The van der Waals surface area contributed by atoms with Gasteiger partial charge in [0.05, 0.1) is 0 Å². The highest BCUT2D eigenvalue weighted by atomic mass is 19.4. The van der Waals surface area contributed by atoms with Crippen molar-refractivity contribution in [2.45, 2.75) is 58.2 Å². The van der Waals surface area contributed by atoms with Crippen LogP contribution in [0.25, 0.3) is 0 Å². The number of benzene rings is 1. The van der Waals surface area contributed by atoms with E-state index in [2.05, 4.69) is 0 Å². The molecule has 0 aliphatic rings. The Bertz CT molecular complexity index is 541. The van der Waals surface area contributed by atoms with E-state index in [-0.39, 0.29) is 6.42 Å². The van der Waals surface area contributed by atoms with Gasteiger partial charge < -0.3 is 0 Å². The van der Waals surface area contributed by atoms with Gasteiger partial charge in [0.15, 0.2) is 23.3 Å². The van der Waals surface area contributed by atoms with Crippen LogP contribution >= 0.6 is 0 Å². The van der Waals surface area contributed by atoms with Crippen LogP contribution in [0.5, 0.6) is 0 Å². The molecule has 9 heteroatoms. The molecular weight excluding hydrogens is 358 g/mol. The number of unbranched alkanes of at least 4 members (excludes halogenated alkanes) is 6. The zero-order chi connectivity index (χ0) is 19.2. The third-order valence-electron chi connectivity index (χ3n) is 3.75. The lowest BCUT2D eigenvalue weighted by atomic mass is 10.1. The molecule has 0 spiro atoms. The predicted molar refractivity (Wildman–Crippen MR) is 77.6 cm³/mol. The molecule has 0 N–H and O–H groups in total. The molecule has 0 aliphatic carbocycles. The van der Waals surface area contributed by atoms with Gasteiger partial charge in [0.25, 0.3) is 0 Å². The van der Waals surface area contributed by atoms with Crippen molar-refractivity contribution in [1.82, 2.24) is 0 Å². The van der Waals surface area contributed by atoms with Crippen molar-refractivity contribution < 1.29 is 35.1 Å². The van der Waals surface area contributed by atoms with Crippen molar-refractivity contribution in [2.24, 2.45) is 0 Å². The molecular formula is C16H19F8N. The number of hydrogen-bond acceptors (Lipinski definition) is 1. The second kappa shape index (κ2) is 9.24. The summed E-state index contributed by atoms with van der Waals surface area (Å²) in [6.07, 6.45) is -0.652. The van der Waals surface area contributed by atoms with Gasteiger partial charge in [0.2, 0.25) is 5.82 Å². The minimum Gasteiger partial charge on any atom is -0.278 e. The largest absolute Gasteiger partial charge is 0.485 e. The van der Waals surface area contributed by atoms with Crippen molar-refractivity contribution in [1.29, 1.82) is 0 Å². The van der Waals surface area contributed by atoms with E-state index in [0.717, 1.165) is 25.7 Å². The average Bonchev–Trinajstić information content (AvgIpc) is 2.54. The number of halogens is 8. The Morgan fingerprint density at radius 3 is 1.48 bits per heavy atom. The Morgan fingerprint density at radius 2 is 1.04 bits per heavy atom. The summed E-state index contributed by atoms with van der Waals surface area (Å²) in [5.41, 5.74) is -1.96. The highest BCUT2D eigenvalue weighted by Crippen LogP contribution is 2.36. The molecule has 1 rings (SSSR count). The summed E-state index contributed by atoms with van der Waals surface area (Å²) in [7, 11) is 0. The second-order valence-corrected chi connectivity index (χ2v) is 5.66. The molecule has 0 heterocycles. The topological polar surface area (TPSA) is 3.24 Å². The molecule has 0 aliphatic heterocycles. The van der Waals surface area contributed by atoms with E-state index in [4.69, 9.17) is 0 Å². The first-order chi connectivity index (χ1) is 11.6. The molecule has 144 valence electrons. The number of nitrogens with zero attached hydrogens (tertiary/aromatic N) is 1. The molecule has 0 saturated carbocycles. The van der Waals surface area contributed by atoms with Crippen LogP contribution in [0.15, 0.2) is 0 Å². The molecule has 0 radical (unpaired) electrons. The van der Waals surface area contributed by atoms with Crippen LogP contribution in [0.2, 0.25) is 0 Å². The van der Waals surface area contributed by atoms with E-state index in [1.807, 2.05) is 6.92 Å². The third-order valence-corrected chi connectivity index (χ3v) is 3.75. The summed E-state index contributed by atoms with van der Waals surface area (Å²) in [4.78, 5) is -0.727. The number of rotatable bonds is 9. The van der Waals surface area contributed by atoms with Gasteiger partial charge in [-0.3, -0.25) is 4.90 Å². The minimum atomic E-state index is -5.28. The maximum Gasteiger partial charge on any atom is 0.485 e. The van der Waals surface area contributed by atoms with Crippen LogP contribution in [0.1, 0.15) is 51.9 Å². The Morgan fingerprint density at radius 1 is 0.640 bits per heavy atom. The van der Waals surface area contributed by atoms with Gasteiger partial charge in [-0.2, -0.15) is 13.2 Å². The smallest absolute Gasteiger partial charge is 0.278 e. The Balaban J connectivity index is 2.92. The third kappa shape index (κ3) is 5.47. The van der Waals surface area contributed by atoms with E-state index in [1.165, 1.54) is 0 Å². The number of hydrogen-bond donors (Lipinski definition) is 0. The van der Waals surface area contributed by atoms with Crippen molar-refractivity contribution in [3.63, 3.8) is 0 Å². The number of alkyl halides is 3. The van der Waals surface area contributed by atoms with E-state index >= 15 is 0 Å². The van der Waals surface area contributed by atoms with Crippen molar-refractivity contribution in [3.05, 3.63) is 29.1 Å². The molecule has 25 heavy (non-hydrogen) atoms. The molecule has 0 fully saturated rings. The van der Waals surface area contributed by atoms with Gasteiger partial charge in [-0.05, 0) is 6.42 Å². The molecule has 0 unspecified atom stereocenters. The second-order valence-electron chi connectivity index (χ2n) is 5.66. The van der Waals surface area contributed by atoms with Crippen LogP contribution in [0.4, 0.5) is 40.8 Å². The first-order valence-electron chi connectivity index (χ1n) is 7.98. The molecule has 0 atom stereocenters. The van der Waals surface area contributed by atoms with Crippen LogP contribution < -0.4 is 4.90 Å². The van der Waals surface area contributed by atoms with Gasteiger partial charge in [-0.15, -0.1) is 0 Å². The van der Waals surface area contributed by atoms with Crippen LogP contribution in [-0.4, -0.2) is 12.8 Å². The van der Waals surface area contributed by atoms with Crippen LogP contribution in [-0.2, 0) is 0 Å². The van der Waals surface area contributed by atoms with Gasteiger partial charge in [0, 0.05) is 6.54 Å². The zero-order valence-corrected chi connectivity index (χ0v) is 13.6. The fourth-order valence-corrected chi connectivity index (χ4v) is 2.42. The zero-order valence-electron chi connectivity index (χ0n) is 13.6. The summed E-state index contributed by atoms with van der Waals surface area (Å²) in [5, 5.41) is 0. The predicted octanol–water partition coefficient (Wildman–Crippen LogP) is 6.46. The average molecular weight is 377 g/mol. The normalized spacial score (nSPS) is 11.9. The van der Waals surface area contributed by atoms with Gasteiger partial charge in [0.1, 0.15) is 5.69 Å². The molecule has 0 saturated heterocycles. The van der Waals surface area contributed by atoms with Crippen LogP contribution in [0.3, 0.4) is 0 Å². The summed E-state index contributed by atoms with van der Waals surface area (Å²) >= 11 is 0. The Kier molecular flexibility index (Phi) is 7.95. The lowest BCUT2D eigenvalue weighted by Crippen LogP contribution is -2.40. The number of anilines is 1. The molecule has 0 amide bonds. The fourth-order valence-electron chi connectivity index (χ4n) is 2.42. The first kappa shape index (κ1) is 21.5. The monoisotopic (exact) mass is 377 g/mol. The molecule has 1 aromatic carbocycles. The lowest BCUT2D eigenvalue weighted by molar-refractivity contribution is -0.130. The maximum absolute atomic E-state index is 13.6. The summed E-state index contributed by atoms with van der Waals surface area (Å²) < 4.78 is 106. The van der Waals surface area contributed by atoms with Gasteiger partial charge >= 0.3 is 6.30 Å². The SMILES string of the molecule is CCCCCCCCCN(c1c(F)c(F)c(F)c(F)c1F)C(F)(F)F. The molecule has 0 aromatic heterocycles. The quantitative estimate of drug-likeness (QED) is 0.157. The Labute approximate surface area is 140 Å². The van der Waals surface area contributed by atoms with Crippen molar-refractivity contribution in [2.75, 3.05) is 11.4 Å². The summed E-state index contributed by atoms with van der Waals surface area (Å²) in [5.74, 6) is -12.3. The molecule has 0 bridgehead atoms. The highest BCUT2D eigenvalue weighted by Gasteiger charge is 2.42. The standard InChI is InChI=1S/C16H19F8N/c1-2-3-4-5-6-7-8-9-25(16(22,23)24)15-13(20)11(18)10(17)12(19)14(15)21/h2-9H2,1H3. The summed E-state index contributed by atoms with van der Waals surface area (Å²) in [6.45, 7) is 1.11. The van der Waals surface area contributed by atoms with Crippen molar-refractivity contribution >= 4 is 5.69 Å². The van der Waals surface area contributed by atoms with E-state index < -0.39 is 52.5 Å². The lowest BCUT2D eigenvalue weighted by Gasteiger charge is -2.28. The van der Waals surface area contributed by atoms with E-state index in [1.54, 1.807) is 0 Å². The minimum absolute atomic E-state index is 0.0921. The van der Waals surface area contributed by atoms with Gasteiger partial charge in [-0.25, -0.2) is 22.0 Å².